The fourth-order valence-corrected chi connectivity index (χ4v) is 3.33. The van der Waals surface area contributed by atoms with Gasteiger partial charge in [-0.1, -0.05) is 76.1 Å². The van der Waals surface area contributed by atoms with E-state index >= 15 is 0 Å². The minimum Gasteiger partial charge on any atom is -0.488 e. The molecule has 0 atom stereocenters. The molecule has 0 unspecified atom stereocenters. The topological polar surface area (TPSA) is 46.5 Å². The number of carbonyl (C=O) groups is 1. The van der Waals surface area contributed by atoms with Gasteiger partial charge in [-0.3, -0.25) is 4.79 Å². The van der Waals surface area contributed by atoms with Gasteiger partial charge in [0.25, 0.3) is 0 Å². The molecule has 1 N–H and O–H groups in total. The maximum Gasteiger partial charge on any atom is 0.307 e. The standard InChI is InChI=1S/C23H18BrClO3/c24-19-9-7-18(8-10-19)20(17-4-2-1-3-5-17)12-13-28-22-11-6-16(14-21(22)25)15-23(26)27/h1-12,14H,13,15H2,(H,26,27). The van der Waals surface area contributed by atoms with Gasteiger partial charge < -0.3 is 9.84 Å². The molecule has 28 heavy (non-hydrogen) atoms. The van der Waals surface area contributed by atoms with Crippen molar-refractivity contribution in [3.63, 3.8) is 0 Å². The molecule has 3 nitrogen and oxygen atoms in total. The highest BCUT2D eigenvalue weighted by atomic mass is 79.9. The number of carboxylic acid groups (broad SMARTS) is 1. The van der Waals surface area contributed by atoms with Gasteiger partial charge in [0.15, 0.2) is 0 Å². The van der Waals surface area contributed by atoms with Crippen LogP contribution in [0.3, 0.4) is 0 Å². The van der Waals surface area contributed by atoms with E-state index in [2.05, 4.69) is 40.2 Å². The van der Waals surface area contributed by atoms with Crippen molar-refractivity contribution in [2.45, 2.75) is 6.42 Å². The first-order valence-corrected chi connectivity index (χ1v) is 9.84. The van der Waals surface area contributed by atoms with E-state index in [0.29, 0.717) is 22.9 Å². The molecular formula is C23H18BrClO3. The fraction of sp³-hybridized carbons (Fsp3) is 0.0870. The number of carboxylic acids is 1. The predicted molar refractivity (Wildman–Crippen MR) is 116 cm³/mol. The smallest absolute Gasteiger partial charge is 0.307 e. The third-order valence-corrected chi connectivity index (χ3v) is 4.94. The van der Waals surface area contributed by atoms with Crippen LogP contribution >= 0.6 is 27.5 Å². The van der Waals surface area contributed by atoms with Crippen LogP contribution in [0.4, 0.5) is 0 Å². The number of benzene rings is 3. The highest BCUT2D eigenvalue weighted by Gasteiger charge is 2.08. The molecule has 3 aromatic rings. The minimum atomic E-state index is -0.894. The molecule has 5 heteroatoms. The van der Waals surface area contributed by atoms with Crippen LogP contribution in [-0.4, -0.2) is 17.7 Å². The second-order valence-corrected chi connectivity index (χ2v) is 7.46. The molecule has 0 radical (unpaired) electrons. The zero-order valence-electron chi connectivity index (χ0n) is 14.9. The Hall–Kier alpha value is -2.56. The SMILES string of the molecule is O=C(O)Cc1ccc(OCC=C(c2ccccc2)c2ccc(Br)cc2)c(Cl)c1. The summed E-state index contributed by atoms with van der Waals surface area (Å²) in [5.41, 5.74) is 3.88. The Balaban J connectivity index is 1.80. The highest BCUT2D eigenvalue weighted by Crippen LogP contribution is 2.28. The van der Waals surface area contributed by atoms with Crippen LogP contribution in [0, 0.1) is 0 Å². The number of hydrogen-bond acceptors (Lipinski definition) is 2. The Morgan fingerprint density at radius 3 is 2.32 bits per heavy atom. The van der Waals surface area contributed by atoms with Crippen LogP contribution in [0.25, 0.3) is 5.57 Å². The molecule has 0 fully saturated rings. The second-order valence-electron chi connectivity index (χ2n) is 6.14. The molecule has 0 aliphatic heterocycles. The molecule has 0 saturated carbocycles. The Kier molecular flexibility index (Phi) is 6.90. The van der Waals surface area contributed by atoms with Crippen LogP contribution in [0.5, 0.6) is 5.75 Å². The van der Waals surface area contributed by atoms with E-state index in [1.807, 2.05) is 36.4 Å². The van der Waals surface area contributed by atoms with Crippen LogP contribution in [0.1, 0.15) is 16.7 Å². The minimum absolute atomic E-state index is 0.0678. The summed E-state index contributed by atoms with van der Waals surface area (Å²) < 4.78 is 6.85. The number of aliphatic carboxylic acids is 1. The average Bonchev–Trinajstić information content (AvgIpc) is 2.68. The first-order valence-electron chi connectivity index (χ1n) is 8.67. The van der Waals surface area contributed by atoms with E-state index in [1.165, 1.54) is 0 Å². The van der Waals surface area contributed by atoms with E-state index in [9.17, 15) is 4.79 Å². The molecule has 0 aliphatic rings. The second kappa shape index (κ2) is 9.58. The summed E-state index contributed by atoms with van der Waals surface area (Å²) in [5.74, 6) is -0.370. The largest absolute Gasteiger partial charge is 0.488 e. The molecule has 142 valence electrons. The molecule has 0 aliphatic carbocycles. The number of ether oxygens (including phenoxy) is 1. The van der Waals surface area contributed by atoms with Gasteiger partial charge in [0.1, 0.15) is 12.4 Å². The lowest BCUT2D eigenvalue weighted by Crippen LogP contribution is -2.01. The van der Waals surface area contributed by atoms with Crippen LogP contribution in [-0.2, 0) is 11.2 Å². The van der Waals surface area contributed by atoms with E-state index in [-0.39, 0.29) is 6.42 Å². The molecule has 3 rings (SSSR count). The highest BCUT2D eigenvalue weighted by molar-refractivity contribution is 9.10. The average molecular weight is 458 g/mol. The summed E-state index contributed by atoms with van der Waals surface area (Å²) in [4.78, 5) is 10.8. The summed E-state index contributed by atoms with van der Waals surface area (Å²) in [5, 5.41) is 9.28. The maximum atomic E-state index is 10.8. The van der Waals surface area contributed by atoms with Gasteiger partial charge in [-0.2, -0.15) is 0 Å². The van der Waals surface area contributed by atoms with Gasteiger partial charge in [0.05, 0.1) is 11.4 Å². The lowest BCUT2D eigenvalue weighted by molar-refractivity contribution is -0.136. The predicted octanol–water partition coefficient (Wildman–Crippen LogP) is 6.24. The third kappa shape index (κ3) is 5.47. The lowest BCUT2D eigenvalue weighted by atomic mass is 9.98. The van der Waals surface area contributed by atoms with Crippen molar-refractivity contribution >= 4 is 39.1 Å². The third-order valence-electron chi connectivity index (χ3n) is 4.12. The zero-order valence-corrected chi connectivity index (χ0v) is 17.3. The van der Waals surface area contributed by atoms with Crippen molar-refractivity contribution in [2.75, 3.05) is 6.61 Å². The van der Waals surface area contributed by atoms with Crippen molar-refractivity contribution in [2.24, 2.45) is 0 Å². The summed E-state index contributed by atoms with van der Waals surface area (Å²) >= 11 is 9.70. The van der Waals surface area contributed by atoms with E-state index in [0.717, 1.165) is 21.2 Å². The Morgan fingerprint density at radius 1 is 1.00 bits per heavy atom. The van der Waals surface area contributed by atoms with Crippen molar-refractivity contribution in [1.29, 1.82) is 0 Å². The van der Waals surface area contributed by atoms with Crippen LogP contribution < -0.4 is 4.74 Å². The first kappa shape index (κ1) is 20.2. The Morgan fingerprint density at radius 2 is 1.68 bits per heavy atom. The molecule has 0 saturated heterocycles. The Bertz CT molecular complexity index is 982. The van der Waals surface area contributed by atoms with E-state index in [4.69, 9.17) is 21.4 Å². The van der Waals surface area contributed by atoms with Crippen molar-refractivity contribution < 1.29 is 14.6 Å². The monoisotopic (exact) mass is 456 g/mol. The van der Waals surface area contributed by atoms with Gasteiger partial charge >= 0.3 is 5.97 Å². The zero-order chi connectivity index (χ0) is 19.9. The van der Waals surface area contributed by atoms with Gasteiger partial charge in [0, 0.05) is 4.47 Å². The lowest BCUT2D eigenvalue weighted by Gasteiger charge is -2.11. The van der Waals surface area contributed by atoms with Crippen LogP contribution in [0.2, 0.25) is 5.02 Å². The number of hydrogen-bond donors (Lipinski definition) is 1. The molecule has 0 spiro atoms. The molecule has 0 heterocycles. The number of rotatable bonds is 7. The summed E-state index contributed by atoms with van der Waals surface area (Å²) in [7, 11) is 0. The summed E-state index contributed by atoms with van der Waals surface area (Å²) in [6.07, 6.45) is 1.95. The van der Waals surface area contributed by atoms with Crippen LogP contribution in [0.15, 0.2) is 83.3 Å². The first-order chi connectivity index (χ1) is 13.5. The summed E-state index contributed by atoms with van der Waals surface area (Å²) in [6.45, 7) is 0.332. The van der Waals surface area contributed by atoms with Crippen molar-refractivity contribution in [3.05, 3.63) is 105 Å². The molecule has 0 amide bonds. The van der Waals surface area contributed by atoms with E-state index < -0.39 is 5.97 Å². The summed E-state index contributed by atoms with van der Waals surface area (Å²) in [6, 6.07) is 23.3. The molecule has 0 aromatic heterocycles. The molecule has 0 bridgehead atoms. The van der Waals surface area contributed by atoms with Gasteiger partial charge in [-0.15, -0.1) is 0 Å². The van der Waals surface area contributed by atoms with Crippen molar-refractivity contribution in [1.82, 2.24) is 0 Å². The molecular weight excluding hydrogens is 440 g/mol. The van der Waals surface area contributed by atoms with Gasteiger partial charge in [-0.05, 0) is 52.6 Å². The quantitative estimate of drug-likeness (QED) is 0.457. The maximum absolute atomic E-state index is 10.8. The number of halogens is 2. The molecule has 3 aromatic carbocycles. The van der Waals surface area contributed by atoms with Gasteiger partial charge in [0.2, 0.25) is 0 Å². The fourth-order valence-electron chi connectivity index (χ4n) is 2.81. The van der Waals surface area contributed by atoms with E-state index in [1.54, 1.807) is 18.2 Å². The normalized spacial score (nSPS) is 11.3. The van der Waals surface area contributed by atoms with Crippen molar-refractivity contribution in [3.8, 4) is 5.75 Å². The van der Waals surface area contributed by atoms with Gasteiger partial charge in [-0.25, -0.2) is 0 Å². The Labute approximate surface area is 177 Å².